The Labute approximate surface area is 213 Å². The molecular weight excluding hydrogens is 484 g/mol. The zero-order chi connectivity index (χ0) is 25.8. The number of benzene rings is 2. The molecule has 1 aliphatic heterocycles. The van der Waals surface area contributed by atoms with E-state index in [1.807, 2.05) is 18.2 Å². The molecule has 0 atom stereocenters. The highest BCUT2D eigenvalue weighted by atomic mass is 32.2. The summed E-state index contributed by atoms with van der Waals surface area (Å²) in [6.07, 6.45) is 0. The molecule has 0 unspecified atom stereocenters. The van der Waals surface area contributed by atoms with Crippen LogP contribution in [-0.2, 0) is 27.5 Å². The van der Waals surface area contributed by atoms with Gasteiger partial charge in [-0.1, -0.05) is 59.8 Å². The molecule has 0 radical (unpaired) electrons. The van der Waals surface area contributed by atoms with E-state index in [9.17, 15) is 0 Å². The average molecular weight is 515 g/mol. The number of ether oxygens (including phenoxy) is 2. The summed E-state index contributed by atoms with van der Waals surface area (Å²) < 4.78 is 13.6. The van der Waals surface area contributed by atoms with Gasteiger partial charge in [0, 0.05) is 25.4 Å². The molecule has 2 aromatic carbocycles. The highest BCUT2D eigenvalue weighted by Crippen LogP contribution is 2.21. The summed E-state index contributed by atoms with van der Waals surface area (Å²) >= 11 is 1.76. The van der Waals surface area contributed by atoms with Crippen LogP contribution in [0, 0.1) is 6.92 Å². The highest BCUT2D eigenvalue weighted by Gasteiger charge is 2.15. The molecule has 0 spiro atoms. The molecule has 3 aromatic rings. The monoisotopic (exact) mass is 514 g/mol. The first-order chi connectivity index (χ1) is 17.4. The third-order valence-corrected chi connectivity index (χ3v) is 6.24. The Morgan fingerprint density at radius 3 is 2.31 bits per heavy atom. The van der Waals surface area contributed by atoms with E-state index < -0.39 is 11.9 Å². The van der Waals surface area contributed by atoms with Gasteiger partial charge in [-0.2, -0.15) is 0 Å². The van der Waals surface area contributed by atoms with Crippen LogP contribution in [-0.4, -0.2) is 80.4 Å². The van der Waals surface area contributed by atoms with Crippen molar-refractivity contribution in [3.63, 3.8) is 0 Å². The Hall–Kier alpha value is -3.41. The Kier molecular flexibility index (Phi) is 10.7. The van der Waals surface area contributed by atoms with Crippen LogP contribution in [0.5, 0.6) is 5.75 Å². The maximum atomic E-state index is 9.10. The predicted octanol–water partition coefficient (Wildman–Crippen LogP) is 2.79. The number of aromatic nitrogens is 3. The van der Waals surface area contributed by atoms with Crippen LogP contribution >= 0.6 is 11.8 Å². The molecule has 4 rings (SSSR count). The smallest absolute Gasteiger partial charge is 0.414 e. The van der Waals surface area contributed by atoms with E-state index in [1.165, 1.54) is 11.1 Å². The van der Waals surface area contributed by atoms with Crippen molar-refractivity contribution in [2.45, 2.75) is 25.2 Å². The van der Waals surface area contributed by atoms with Crippen molar-refractivity contribution in [1.29, 1.82) is 0 Å². The van der Waals surface area contributed by atoms with Gasteiger partial charge in [0.1, 0.15) is 12.4 Å². The highest BCUT2D eigenvalue weighted by molar-refractivity contribution is 7.99. The molecular formula is C25H30N4O6S. The zero-order valence-corrected chi connectivity index (χ0v) is 20.9. The summed E-state index contributed by atoms with van der Waals surface area (Å²) in [6, 6.07) is 18.5. The van der Waals surface area contributed by atoms with Crippen molar-refractivity contribution in [2.75, 3.05) is 38.6 Å². The summed E-state index contributed by atoms with van der Waals surface area (Å²) in [7, 11) is 0. The largest absolute Gasteiger partial charge is 0.486 e. The van der Waals surface area contributed by atoms with Gasteiger partial charge in [-0.15, -0.1) is 10.2 Å². The number of carboxylic acids is 2. The second kappa shape index (κ2) is 14.2. The number of rotatable bonds is 9. The molecule has 2 N–H and O–H groups in total. The van der Waals surface area contributed by atoms with Crippen LogP contribution in [0.2, 0.25) is 0 Å². The lowest BCUT2D eigenvalue weighted by atomic mass is 10.2. The van der Waals surface area contributed by atoms with Gasteiger partial charge in [0.2, 0.25) is 0 Å². The number of thioether (sulfide) groups is 1. The van der Waals surface area contributed by atoms with Gasteiger partial charge in [-0.05, 0) is 24.6 Å². The number of hydrogen-bond donors (Lipinski definition) is 2. The van der Waals surface area contributed by atoms with Crippen molar-refractivity contribution >= 4 is 23.7 Å². The fourth-order valence-electron chi connectivity index (χ4n) is 3.33. The summed E-state index contributed by atoms with van der Waals surface area (Å²) in [6.45, 7) is 7.90. The van der Waals surface area contributed by atoms with Crippen molar-refractivity contribution < 1.29 is 29.3 Å². The van der Waals surface area contributed by atoms with Gasteiger partial charge in [-0.3, -0.25) is 9.47 Å². The second-order valence-electron chi connectivity index (χ2n) is 7.99. The third-order valence-electron chi connectivity index (χ3n) is 5.29. The summed E-state index contributed by atoms with van der Waals surface area (Å²) in [5.74, 6) is -0.985. The lowest BCUT2D eigenvalue weighted by Crippen LogP contribution is -2.37. The Balaban J connectivity index is 0.000000538. The topological polar surface area (TPSA) is 127 Å². The van der Waals surface area contributed by atoms with Crippen molar-refractivity contribution in [2.24, 2.45) is 0 Å². The van der Waals surface area contributed by atoms with Crippen molar-refractivity contribution in [3.8, 4) is 5.75 Å². The van der Waals surface area contributed by atoms with Crippen LogP contribution in [0.1, 0.15) is 17.0 Å². The number of nitrogens with zero attached hydrogens (tertiary/aromatic N) is 4. The van der Waals surface area contributed by atoms with Gasteiger partial charge in [0.05, 0.1) is 19.8 Å². The minimum absolute atomic E-state index is 0.396. The fourth-order valence-corrected chi connectivity index (χ4v) is 4.29. The molecule has 1 saturated heterocycles. The van der Waals surface area contributed by atoms with E-state index in [0.29, 0.717) is 6.61 Å². The normalized spacial score (nSPS) is 13.5. The van der Waals surface area contributed by atoms with Crippen LogP contribution in [0.25, 0.3) is 0 Å². The van der Waals surface area contributed by atoms with E-state index >= 15 is 0 Å². The fraction of sp³-hybridized carbons (Fsp3) is 0.360. The Morgan fingerprint density at radius 1 is 1.00 bits per heavy atom. The number of morpholine rings is 1. The van der Waals surface area contributed by atoms with Gasteiger partial charge in [0.25, 0.3) is 0 Å². The molecule has 2 heterocycles. The van der Waals surface area contributed by atoms with Crippen LogP contribution in [0.15, 0.2) is 59.8 Å². The maximum absolute atomic E-state index is 9.10. The quantitative estimate of drug-likeness (QED) is 0.325. The van der Waals surface area contributed by atoms with E-state index in [1.54, 1.807) is 11.8 Å². The summed E-state index contributed by atoms with van der Waals surface area (Å²) in [5.41, 5.74) is 2.44. The Bertz CT molecular complexity index is 1090. The van der Waals surface area contributed by atoms with Crippen LogP contribution in [0.4, 0.5) is 0 Å². The molecule has 1 aliphatic rings. The van der Waals surface area contributed by atoms with Gasteiger partial charge in [0.15, 0.2) is 11.0 Å². The van der Waals surface area contributed by atoms with E-state index in [0.717, 1.165) is 61.9 Å². The number of aryl methyl sites for hydroxylation is 1. The molecule has 36 heavy (non-hydrogen) atoms. The summed E-state index contributed by atoms with van der Waals surface area (Å²) in [4.78, 5) is 20.6. The molecule has 1 fully saturated rings. The van der Waals surface area contributed by atoms with Gasteiger partial charge in [-0.25, -0.2) is 9.59 Å². The summed E-state index contributed by atoms with van der Waals surface area (Å²) in [5, 5.41) is 24.6. The van der Waals surface area contributed by atoms with E-state index in [-0.39, 0.29) is 0 Å². The standard InChI is InChI=1S/C23H28N4O2S.C2H2O4/c1-19-7-9-21(10-8-19)29-18-22-24-25-23(27(22)17-20-5-3-2-4-6-20)30-16-13-26-11-14-28-15-12-26;3-1(4)2(5)6/h2-10H,11-18H2,1H3;(H,3,4)(H,5,6). The minimum Gasteiger partial charge on any atom is -0.486 e. The average Bonchev–Trinajstić information content (AvgIpc) is 3.26. The molecule has 1 aromatic heterocycles. The molecule has 0 amide bonds. The minimum atomic E-state index is -1.82. The number of hydrogen-bond acceptors (Lipinski definition) is 8. The van der Waals surface area contributed by atoms with Crippen molar-refractivity contribution in [1.82, 2.24) is 19.7 Å². The van der Waals surface area contributed by atoms with E-state index in [2.05, 4.69) is 63.0 Å². The number of aliphatic carboxylic acids is 2. The zero-order valence-electron chi connectivity index (χ0n) is 20.1. The second-order valence-corrected chi connectivity index (χ2v) is 9.05. The lowest BCUT2D eigenvalue weighted by Gasteiger charge is -2.26. The van der Waals surface area contributed by atoms with Gasteiger partial charge < -0.3 is 19.7 Å². The first-order valence-corrected chi connectivity index (χ1v) is 12.5. The van der Waals surface area contributed by atoms with Gasteiger partial charge >= 0.3 is 11.9 Å². The van der Waals surface area contributed by atoms with Crippen molar-refractivity contribution in [3.05, 3.63) is 71.5 Å². The van der Waals surface area contributed by atoms with Crippen LogP contribution < -0.4 is 4.74 Å². The Morgan fingerprint density at radius 2 is 1.67 bits per heavy atom. The molecule has 10 nitrogen and oxygen atoms in total. The van der Waals surface area contributed by atoms with E-state index in [4.69, 9.17) is 29.3 Å². The first kappa shape index (κ1) is 27.2. The number of carbonyl (C=O) groups is 2. The van der Waals surface area contributed by atoms with Crippen LogP contribution in [0.3, 0.4) is 0 Å². The molecule has 11 heteroatoms. The predicted molar refractivity (Wildman–Crippen MR) is 134 cm³/mol. The lowest BCUT2D eigenvalue weighted by molar-refractivity contribution is -0.159. The first-order valence-electron chi connectivity index (χ1n) is 11.5. The SMILES string of the molecule is Cc1ccc(OCc2nnc(SCCN3CCOCC3)n2Cc2ccccc2)cc1.O=C(O)C(=O)O. The molecule has 0 aliphatic carbocycles. The molecule has 192 valence electrons. The molecule has 0 saturated carbocycles. The third kappa shape index (κ3) is 8.99. The maximum Gasteiger partial charge on any atom is 0.414 e. The molecule has 0 bridgehead atoms. The number of carboxylic acid groups (broad SMARTS) is 2.